The molecule has 0 saturated heterocycles. The molecule has 132 valence electrons. The molecule has 0 unspecified atom stereocenters. The number of nitrogens with one attached hydrogen (secondary N) is 2. The second-order valence-electron chi connectivity index (χ2n) is 5.24. The molecule has 1 amide bonds. The minimum atomic E-state index is -1.70. The third-order valence-electron chi connectivity index (χ3n) is 3.42. The van der Waals surface area contributed by atoms with Crippen molar-refractivity contribution in [1.29, 1.82) is 0 Å². The third kappa shape index (κ3) is 3.94. The second kappa shape index (κ2) is 7.45. The highest BCUT2D eigenvalue weighted by Gasteiger charge is 2.19. The van der Waals surface area contributed by atoms with Gasteiger partial charge in [0, 0.05) is 10.7 Å². The van der Waals surface area contributed by atoms with Gasteiger partial charge < -0.3 is 10.6 Å². The van der Waals surface area contributed by atoms with E-state index >= 15 is 0 Å². The fourth-order valence-corrected chi connectivity index (χ4v) is 2.25. The number of carbonyl (C=O) groups excluding carboxylic acids is 1. The van der Waals surface area contributed by atoms with Crippen molar-refractivity contribution in [2.45, 2.75) is 0 Å². The van der Waals surface area contributed by atoms with Crippen LogP contribution < -0.4 is 10.6 Å². The molecule has 3 aromatic rings. The summed E-state index contributed by atoms with van der Waals surface area (Å²) >= 11 is 5.81. The van der Waals surface area contributed by atoms with Gasteiger partial charge in [0.1, 0.15) is 5.82 Å². The second-order valence-corrected chi connectivity index (χ2v) is 5.68. The fraction of sp³-hybridized carbons (Fsp3) is 0. The number of aromatic nitrogens is 1. The zero-order valence-corrected chi connectivity index (χ0v) is 13.8. The van der Waals surface area contributed by atoms with E-state index in [1.165, 1.54) is 12.3 Å². The van der Waals surface area contributed by atoms with Crippen LogP contribution in [0.5, 0.6) is 0 Å². The monoisotopic (exact) mass is 377 g/mol. The van der Waals surface area contributed by atoms with Crippen molar-refractivity contribution in [3.63, 3.8) is 0 Å². The van der Waals surface area contributed by atoms with E-state index in [0.717, 1.165) is 11.8 Å². The molecule has 4 nitrogen and oxygen atoms in total. The first kappa shape index (κ1) is 17.8. The lowest BCUT2D eigenvalue weighted by atomic mass is 10.2. The van der Waals surface area contributed by atoms with Crippen LogP contribution in [0.4, 0.5) is 30.4 Å². The molecule has 0 spiro atoms. The molecule has 2 N–H and O–H groups in total. The molecule has 0 aliphatic heterocycles. The van der Waals surface area contributed by atoms with Crippen LogP contribution in [0.15, 0.2) is 54.7 Å². The lowest BCUT2D eigenvalue weighted by molar-refractivity contribution is 0.102. The van der Waals surface area contributed by atoms with E-state index in [1.54, 1.807) is 30.3 Å². The van der Waals surface area contributed by atoms with Crippen molar-refractivity contribution in [3.8, 4) is 0 Å². The lowest BCUT2D eigenvalue weighted by Crippen LogP contribution is -2.16. The van der Waals surface area contributed by atoms with Crippen molar-refractivity contribution in [3.05, 3.63) is 82.8 Å². The first-order chi connectivity index (χ1) is 12.4. The minimum Gasteiger partial charge on any atom is -0.354 e. The van der Waals surface area contributed by atoms with Gasteiger partial charge in [-0.25, -0.2) is 18.2 Å². The molecule has 0 aliphatic rings. The maximum Gasteiger partial charge on any atom is 0.259 e. The average Bonchev–Trinajstić information content (AvgIpc) is 2.63. The summed E-state index contributed by atoms with van der Waals surface area (Å²) in [5, 5.41) is 6.01. The Morgan fingerprint density at radius 3 is 2.23 bits per heavy atom. The van der Waals surface area contributed by atoms with Crippen LogP contribution >= 0.6 is 11.6 Å². The number of nitrogens with zero attached hydrogens (tertiary/aromatic N) is 1. The van der Waals surface area contributed by atoms with Crippen molar-refractivity contribution in [2.75, 3.05) is 10.6 Å². The Bertz CT molecular complexity index is 947. The first-order valence-electron chi connectivity index (χ1n) is 7.37. The van der Waals surface area contributed by atoms with Crippen molar-refractivity contribution < 1.29 is 18.0 Å². The highest BCUT2D eigenvalue weighted by atomic mass is 35.5. The molecule has 1 aromatic heterocycles. The summed E-state index contributed by atoms with van der Waals surface area (Å²) in [4.78, 5) is 16.0. The van der Waals surface area contributed by atoms with Gasteiger partial charge in [0.2, 0.25) is 0 Å². The Labute approximate surface area is 151 Å². The number of hydrogen-bond acceptors (Lipinski definition) is 3. The van der Waals surface area contributed by atoms with Crippen LogP contribution in [0.2, 0.25) is 5.02 Å². The Balaban J connectivity index is 1.70. The molecule has 8 heteroatoms. The molecule has 0 saturated carbocycles. The molecule has 1 heterocycles. The van der Waals surface area contributed by atoms with Crippen LogP contribution in [0.3, 0.4) is 0 Å². The number of halogens is 4. The van der Waals surface area contributed by atoms with Gasteiger partial charge in [-0.05, 0) is 48.5 Å². The molecular weight excluding hydrogens is 367 g/mol. The summed E-state index contributed by atoms with van der Waals surface area (Å²) in [6.45, 7) is 0. The van der Waals surface area contributed by atoms with E-state index in [-0.39, 0.29) is 5.82 Å². The smallest absolute Gasteiger partial charge is 0.259 e. The minimum absolute atomic E-state index is 0.126. The van der Waals surface area contributed by atoms with Crippen LogP contribution in [-0.2, 0) is 0 Å². The number of rotatable bonds is 4. The number of pyridine rings is 1. The molecule has 0 fully saturated rings. The van der Waals surface area contributed by atoms with Gasteiger partial charge in [-0.3, -0.25) is 4.79 Å². The third-order valence-corrected chi connectivity index (χ3v) is 3.67. The predicted octanol–water partition coefficient (Wildman–Crippen LogP) is 5.15. The molecule has 0 bridgehead atoms. The Morgan fingerprint density at radius 2 is 1.58 bits per heavy atom. The maximum atomic E-state index is 13.6. The predicted molar refractivity (Wildman–Crippen MR) is 93.2 cm³/mol. The number of carbonyl (C=O) groups is 1. The van der Waals surface area contributed by atoms with E-state index in [2.05, 4.69) is 15.6 Å². The quantitative estimate of drug-likeness (QED) is 0.618. The summed E-state index contributed by atoms with van der Waals surface area (Å²) in [5.41, 5.74) is 0.815. The van der Waals surface area contributed by atoms with E-state index in [0.29, 0.717) is 16.8 Å². The van der Waals surface area contributed by atoms with Crippen LogP contribution in [-0.4, -0.2) is 10.9 Å². The molecule has 0 radical (unpaired) electrons. The van der Waals surface area contributed by atoms with Gasteiger partial charge in [0.25, 0.3) is 5.91 Å². The molecule has 26 heavy (non-hydrogen) atoms. The van der Waals surface area contributed by atoms with E-state index in [9.17, 15) is 18.0 Å². The first-order valence-corrected chi connectivity index (χ1v) is 7.75. The van der Waals surface area contributed by atoms with Gasteiger partial charge in [-0.1, -0.05) is 11.6 Å². The summed E-state index contributed by atoms with van der Waals surface area (Å²) in [5.74, 6) is -5.43. The van der Waals surface area contributed by atoms with E-state index < -0.39 is 28.9 Å². The van der Waals surface area contributed by atoms with Gasteiger partial charge in [0.15, 0.2) is 17.5 Å². The molecule has 0 aliphatic carbocycles. The summed E-state index contributed by atoms with van der Waals surface area (Å²) in [6, 6.07) is 11.7. The van der Waals surface area contributed by atoms with Crippen molar-refractivity contribution >= 4 is 34.7 Å². The Hall–Kier alpha value is -3.06. The molecular formula is C18H11ClF3N3O. The molecule has 3 rings (SSSR count). The lowest BCUT2D eigenvalue weighted by Gasteiger charge is -2.09. The maximum absolute atomic E-state index is 13.6. The molecule has 2 aromatic carbocycles. The number of benzene rings is 2. The van der Waals surface area contributed by atoms with Crippen molar-refractivity contribution in [2.24, 2.45) is 0 Å². The standard InChI is InChI=1S/C18H11ClF3N3O/c19-10-1-3-11(4-2-10)24-12-5-8-15(23-9-12)25-18(26)13-6-7-14(20)17(22)16(13)21/h1-9,24H,(H,23,25,26). The zero-order valence-electron chi connectivity index (χ0n) is 13.1. The number of hydrogen-bond donors (Lipinski definition) is 2. The number of anilines is 3. The average molecular weight is 378 g/mol. The number of amides is 1. The van der Waals surface area contributed by atoms with E-state index in [1.807, 2.05) is 0 Å². The Kier molecular flexibility index (Phi) is 5.09. The summed E-state index contributed by atoms with van der Waals surface area (Å²) < 4.78 is 39.8. The van der Waals surface area contributed by atoms with Gasteiger partial charge in [0.05, 0.1) is 17.4 Å². The molecule has 0 atom stereocenters. The fourth-order valence-electron chi connectivity index (χ4n) is 2.13. The van der Waals surface area contributed by atoms with Crippen LogP contribution in [0.25, 0.3) is 0 Å². The topological polar surface area (TPSA) is 54.0 Å². The van der Waals surface area contributed by atoms with Crippen molar-refractivity contribution in [1.82, 2.24) is 4.98 Å². The van der Waals surface area contributed by atoms with Crippen LogP contribution in [0.1, 0.15) is 10.4 Å². The van der Waals surface area contributed by atoms with Gasteiger partial charge in [-0.2, -0.15) is 0 Å². The Morgan fingerprint density at radius 1 is 0.885 bits per heavy atom. The highest BCUT2D eigenvalue weighted by molar-refractivity contribution is 6.30. The van der Waals surface area contributed by atoms with E-state index in [4.69, 9.17) is 11.6 Å². The van der Waals surface area contributed by atoms with Gasteiger partial charge in [-0.15, -0.1) is 0 Å². The summed E-state index contributed by atoms with van der Waals surface area (Å²) in [6.07, 6.45) is 1.45. The SMILES string of the molecule is O=C(Nc1ccc(Nc2ccc(Cl)cc2)cn1)c1ccc(F)c(F)c1F. The summed E-state index contributed by atoms with van der Waals surface area (Å²) in [7, 11) is 0. The zero-order chi connectivity index (χ0) is 18.7. The van der Waals surface area contributed by atoms with Crippen LogP contribution in [0, 0.1) is 17.5 Å². The van der Waals surface area contributed by atoms with Gasteiger partial charge >= 0.3 is 0 Å². The highest BCUT2D eigenvalue weighted by Crippen LogP contribution is 2.20. The normalized spacial score (nSPS) is 10.5. The largest absolute Gasteiger partial charge is 0.354 e.